The summed E-state index contributed by atoms with van der Waals surface area (Å²) >= 11 is 6.59. The number of anilines is 1. The number of methoxy groups -OCH3 is 3. The molecule has 1 aliphatic heterocycles. The number of carbonyl (C=O) groups excluding carboxylic acids is 2. The molecule has 0 aliphatic carbocycles. The number of aryl methyl sites for hydroxylation is 2. The van der Waals surface area contributed by atoms with E-state index in [1.165, 1.54) is 38.0 Å². The molecule has 0 spiro atoms. The van der Waals surface area contributed by atoms with Gasteiger partial charge in [0, 0.05) is 18.7 Å². The largest absolute Gasteiger partial charge is 0.493 e. The van der Waals surface area contributed by atoms with Gasteiger partial charge in [0.1, 0.15) is 4.32 Å². The Morgan fingerprint density at radius 3 is 2.33 bits per heavy atom. The van der Waals surface area contributed by atoms with E-state index >= 15 is 0 Å². The summed E-state index contributed by atoms with van der Waals surface area (Å²) < 4.78 is 16.5. The summed E-state index contributed by atoms with van der Waals surface area (Å²) in [5.41, 5.74) is 3.58. The normalized spacial score (nSPS) is 14.6. The molecular weight excluding hydrogens is 460 g/mol. The Balaban J connectivity index is 1.70. The van der Waals surface area contributed by atoms with Gasteiger partial charge < -0.3 is 19.5 Å². The van der Waals surface area contributed by atoms with Crippen LogP contribution < -0.4 is 19.5 Å². The van der Waals surface area contributed by atoms with Crippen LogP contribution in [-0.4, -0.2) is 48.9 Å². The van der Waals surface area contributed by atoms with Crippen molar-refractivity contribution in [2.24, 2.45) is 0 Å². The lowest BCUT2D eigenvalue weighted by Crippen LogP contribution is -2.31. The van der Waals surface area contributed by atoms with E-state index in [0.717, 1.165) is 16.8 Å². The molecular formula is C24H26N2O5S2. The van der Waals surface area contributed by atoms with E-state index in [1.807, 2.05) is 32.0 Å². The van der Waals surface area contributed by atoms with Crippen LogP contribution in [0.15, 0.2) is 35.2 Å². The third-order valence-corrected chi connectivity index (χ3v) is 6.45. The van der Waals surface area contributed by atoms with Gasteiger partial charge in [0.15, 0.2) is 11.5 Å². The van der Waals surface area contributed by atoms with E-state index in [1.54, 1.807) is 18.2 Å². The van der Waals surface area contributed by atoms with Crippen molar-refractivity contribution in [2.45, 2.75) is 20.3 Å². The summed E-state index contributed by atoms with van der Waals surface area (Å²) in [7, 11) is 4.59. The highest BCUT2D eigenvalue weighted by atomic mass is 32.2. The van der Waals surface area contributed by atoms with Gasteiger partial charge in [-0.1, -0.05) is 41.7 Å². The smallest absolute Gasteiger partial charge is 0.266 e. The van der Waals surface area contributed by atoms with Crippen molar-refractivity contribution in [2.75, 3.05) is 33.2 Å². The molecule has 2 amide bonds. The van der Waals surface area contributed by atoms with Crippen LogP contribution in [0, 0.1) is 13.8 Å². The van der Waals surface area contributed by atoms with Gasteiger partial charge in [-0.15, -0.1) is 0 Å². The molecule has 9 heteroatoms. The van der Waals surface area contributed by atoms with Gasteiger partial charge in [0.2, 0.25) is 11.7 Å². The number of benzene rings is 2. The Kier molecular flexibility index (Phi) is 7.99. The summed E-state index contributed by atoms with van der Waals surface area (Å²) in [6, 6.07) is 9.34. The van der Waals surface area contributed by atoms with Crippen LogP contribution in [0.3, 0.4) is 0 Å². The van der Waals surface area contributed by atoms with E-state index in [0.29, 0.717) is 32.0 Å². The van der Waals surface area contributed by atoms with E-state index in [-0.39, 0.29) is 24.8 Å². The van der Waals surface area contributed by atoms with Crippen LogP contribution in [0.25, 0.3) is 6.08 Å². The predicted octanol–water partition coefficient (Wildman–Crippen LogP) is 4.56. The minimum absolute atomic E-state index is 0.136. The quantitative estimate of drug-likeness (QED) is 0.433. The standard InChI is InChI=1S/C24H26N2O5S2/c1-14-6-7-17(15(2)10-14)25-21(27)8-9-26-23(28)20(33-24(26)32)13-16-11-18(29-3)22(31-5)19(12-16)30-4/h6-7,10-13H,8-9H2,1-5H3,(H,25,27)/b20-13-. The second-order valence-corrected chi connectivity index (χ2v) is 9.08. The van der Waals surface area contributed by atoms with E-state index in [4.69, 9.17) is 26.4 Å². The third-order valence-electron chi connectivity index (χ3n) is 5.08. The lowest BCUT2D eigenvalue weighted by Gasteiger charge is -2.15. The fourth-order valence-corrected chi connectivity index (χ4v) is 4.72. The van der Waals surface area contributed by atoms with Gasteiger partial charge >= 0.3 is 0 Å². The molecule has 3 rings (SSSR count). The zero-order valence-corrected chi connectivity index (χ0v) is 20.8. The summed E-state index contributed by atoms with van der Waals surface area (Å²) in [6.45, 7) is 4.14. The number of thioether (sulfide) groups is 1. The molecule has 1 fully saturated rings. The number of nitrogens with one attached hydrogen (secondary N) is 1. The fourth-order valence-electron chi connectivity index (χ4n) is 3.41. The number of hydrogen-bond donors (Lipinski definition) is 1. The predicted molar refractivity (Wildman–Crippen MR) is 135 cm³/mol. The molecule has 1 aliphatic rings. The Bertz CT molecular complexity index is 1100. The van der Waals surface area contributed by atoms with Gasteiger partial charge in [-0.25, -0.2) is 0 Å². The number of ether oxygens (including phenoxy) is 3. The van der Waals surface area contributed by atoms with Crippen LogP contribution in [0.5, 0.6) is 17.2 Å². The van der Waals surface area contributed by atoms with Crippen molar-refractivity contribution < 1.29 is 23.8 Å². The number of hydrogen-bond acceptors (Lipinski definition) is 7. The first-order chi connectivity index (χ1) is 15.8. The highest BCUT2D eigenvalue weighted by Gasteiger charge is 2.32. The van der Waals surface area contributed by atoms with Gasteiger partial charge in [0.05, 0.1) is 26.2 Å². The van der Waals surface area contributed by atoms with Crippen molar-refractivity contribution >= 4 is 51.9 Å². The van der Waals surface area contributed by atoms with Gasteiger partial charge in [-0.2, -0.15) is 0 Å². The second-order valence-electron chi connectivity index (χ2n) is 7.41. The molecule has 2 aromatic carbocycles. The van der Waals surface area contributed by atoms with Crippen molar-refractivity contribution in [1.82, 2.24) is 4.90 Å². The maximum Gasteiger partial charge on any atom is 0.266 e. The van der Waals surface area contributed by atoms with E-state index < -0.39 is 0 Å². The average Bonchev–Trinajstić information content (AvgIpc) is 3.05. The Labute approximate surface area is 203 Å². The molecule has 7 nitrogen and oxygen atoms in total. The summed E-state index contributed by atoms with van der Waals surface area (Å²) in [6.07, 6.45) is 1.86. The fraction of sp³-hybridized carbons (Fsp3) is 0.292. The first-order valence-corrected chi connectivity index (χ1v) is 11.4. The molecule has 2 aromatic rings. The average molecular weight is 487 g/mol. The molecule has 0 bridgehead atoms. The third kappa shape index (κ3) is 5.66. The summed E-state index contributed by atoms with van der Waals surface area (Å²) in [5.74, 6) is 1.03. The lowest BCUT2D eigenvalue weighted by atomic mass is 10.1. The molecule has 0 saturated carbocycles. The molecule has 1 heterocycles. The maximum atomic E-state index is 12.9. The van der Waals surface area contributed by atoms with Gasteiger partial charge in [0.25, 0.3) is 5.91 Å². The minimum atomic E-state index is -0.238. The SMILES string of the molecule is COc1cc(/C=C2\SC(=S)N(CCC(=O)Nc3ccc(C)cc3C)C2=O)cc(OC)c1OC. The number of carbonyl (C=O) groups is 2. The van der Waals surface area contributed by atoms with E-state index in [9.17, 15) is 9.59 Å². The van der Waals surface area contributed by atoms with Crippen molar-refractivity contribution in [3.8, 4) is 17.2 Å². The summed E-state index contributed by atoms with van der Waals surface area (Å²) in [4.78, 5) is 27.3. The molecule has 1 saturated heterocycles. The minimum Gasteiger partial charge on any atom is -0.493 e. The topological polar surface area (TPSA) is 77.1 Å². The molecule has 0 unspecified atom stereocenters. The van der Waals surface area contributed by atoms with Crippen molar-refractivity contribution in [1.29, 1.82) is 0 Å². The highest BCUT2D eigenvalue weighted by Crippen LogP contribution is 2.40. The Morgan fingerprint density at radius 1 is 1.09 bits per heavy atom. The zero-order valence-electron chi connectivity index (χ0n) is 19.2. The van der Waals surface area contributed by atoms with E-state index in [2.05, 4.69) is 5.32 Å². The van der Waals surface area contributed by atoms with Gasteiger partial charge in [-0.05, 0) is 49.2 Å². The number of rotatable bonds is 8. The van der Waals surface area contributed by atoms with Crippen LogP contribution in [0.4, 0.5) is 5.69 Å². The van der Waals surface area contributed by atoms with Crippen molar-refractivity contribution in [3.05, 3.63) is 51.9 Å². The first kappa shape index (κ1) is 24.6. The molecule has 174 valence electrons. The number of thiocarbonyl (C=S) groups is 1. The zero-order chi connectivity index (χ0) is 24.1. The highest BCUT2D eigenvalue weighted by molar-refractivity contribution is 8.26. The number of nitrogens with zero attached hydrogens (tertiary/aromatic N) is 1. The second kappa shape index (κ2) is 10.7. The van der Waals surface area contributed by atoms with Gasteiger partial charge in [-0.3, -0.25) is 14.5 Å². The molecule has 0 atom stereocenters. The maximum absolute atomic E-state index is 12.9. The lowest BCUT2D eigenvalue weighted by molar-refractivity contribution is -0.122. The Hall–Kier alpha value is -3.04. The summed E-state index contributed by atoms with van der Waals surface area (Å²) in [5, 5.41) is 2.90. The molecule has 0 radical (unpaired) electrons. The van der Waals surface area contributed by atoms with Crippen LogP contribution in [0.2, 0.25) is 0 Å². The molecule has 1 N–H and O–H groups in total. The van der Waals surface area contributed by atoms with Crippen molar-refractivity contribution in [3.63, 3.8) is 0 Å². The Morgan fingerprint density at radius 2 is 1.76 bits per heavy atom. The first-order valence-electron chi connectivity index (χ1n) is 10.2. The monoisotopic (exact) mass is 486 g/mol. The van der Waals surface area contributed by atoms with Crippen LogP contribution in [-0.2, 0) is 9.59 Å². The molecule has 0 aromatic heterocycles. The van der Waals surface area contributed by atoms with Crippen LogP contribution in [0.1, 0.15) is 23.1 Å². The molecule has 33 heavy (non-hydrogen) atoms. The van der Waals surface area contributed by atoms with Crippen LogP contribution >= 0.6 is 24.0 Å². The number of amides is 2.